The number of hydrogen-bond acceptors (Lipinski definition) is 3. The number of halogens is 1. The summed E-state index contributed by atoms with van der Waals surface area (Å²) in [4.78, 5) is 25.7. The lowest BCUT2D eigenvalue weighted by Gasteiger charge is -2.22. The molecule has 0 saturated carbocycles. The Morgan fingerprint density at radius 1 is 1.43 bits per heavy atom. The van der Waals surface area contributed by atoms with Gasteiger partial charge in [0.15, 0.2) is 0 Å². The Bertz CT molecular complexity index is 688. The second kappa shape index (κ2) is 4.08. The fourth-order valence-electron chi connectivity index (χ4n) is 3.65. The van der Waals surface area contributed by atoms with E-state index in [4.69, 9.17) is 16.3 Å². The van der Waals surface area contributed by atoms with Crippen LogP contribution in [0.5, 0.6) is 0 Å². The molecule has 2 saturated heterocycles. The molecule has 108 valence electrons. The first-order valence-corrected chi connectivity index (χ1v) is 7.07. The second-order valence-corrected chi connectivity index (χ2v) is 6.02. The van der Waals surface area contributed by atoms with Crippen molar-refractivity contribution in [2.75, 3.05) is 11.4 Å². The monoisotopic (exact) mass is 305 g/mol. The van der Waals surface area contributed by atoms with Crippen LogP contribution in [0.25, 0.3) is 0 Å². The summed E-state index contributed by atoms with van der Waals surface area (Å²) in [5.74, 6) is -2.73. The van der Waals surface area contributed by atoms with Crippen LogP contribution in [0.15, 0.2) is 36.4 Å². The Morgan fingerprint density at radius 3 is 2.90 bits per heavy atom. The third-order valence-corrected chi connectivity index (χ3v) is 4.85. The number of anilines is 1. The van der Waals surface area contributed by atoms with Gasteiger partial charge in [-0.25, -0.2) is 0 Å². The number of carbonyl (C=O) groups excluding carboxylic acids is 1. The van der Waals surface area contributed by atoms with Gasteiger partial charge in [0.2, 0.25) is 5.91 Å². The van der Waals surface area contributed by atoms with Gasteiger partial charge in [0.05, 0.1) is 29.3 Å². The molecule has 3 aliphatic rings. The Balaban J connectivity index is 1.78. The summed E-state index contributed by atoms with van der Waals surface area (Å²) < 4.78 is 5.82. The van der Waals surface area contributed by atoms with Crippen LogP contribution in [0.1, 0.15) is 0 Å². The van der Waals surface area contributed by atoms with Gasteiger partial charge in [-0.05, 0) is 12.1 Å². The normalized spacial score (nSPS) is 36.3. The molecule has 1 aromatic rings. The molecule has 4 atom stereocenters. The Kier molecular flexibility index (Phi) is 2.50. The van der Waals surface area contributed by atoms with Gasteiger partial charge in [0.25, 0.3) is 0 Å². The van der Waals surface area contributed by atoms with Gasteiger partial charge >= 0.3 is 5.97 Å². The largest absolute Gasteiger partial charge is 0.481 e. The highest BCUT2D eigenvalue weighted by atomic mass is 35.5. The van der Waals surface area contributed by atoms with E-state index in [9.17, 15) is 14.7 Å². The van der Waals surface area contributed by atoms with E-state index < -0.39 is 29.5 Å². The van der Waals surface area contributed by atoms with Crippen molar-refractivity contribution in [1.29, 1.82) is 0 Å². The summed E-state index contributed by atoms with van der Waals surface area (Å²) in [6.45, 7) is 0.303. The number of amides is 1. The fourth-order valence-corrected chi connectivity index (χ4v) is 3.89. The van der Waals surface area contributed by atoms with Crippen LogP contribution in [0, 0.1) is 11.8 Å². The first-order valence-electron chi connectivity index (χ1n) is 6.69. The summed E-state index contributed by atoms with van der Waals surface area (Å²) in [6.07, 6.45) is 3.07. The predicted molar refractivity (Wildman–Crippen MR) is 75.2 cm³/mol. The van der Waals surface area contributed by atoms with Crippen molar-refractivity contribution in [1.82, 2.24) is 0 Å². The lowest BCUT2D eigenvalue weighted by Crippen LogP contribution is -2.39. The Morgan fingerprint density at radius 2 is 2.19 bits per heavy atom. The lowest BCUT2D eigenvalue weighted by molar-refractivity contribution is -0.146. The van der Waals surface area contributed by atoms with Gasteiger partial charge in [-0.2, -0.15) is 0 Å². The van der Waals surface area contributed by atoms with E-state index >= 15 is 0 Å². The van der Waals surface area contributed by atoms with E-state index in [1.54, 1.807) is 30.3 Å². The molecular formula is C15H12ClNO4. The third-order valence-electron chi connectivity index (χ3n) is 4.53. The molecule has 0 radical (unpaired) electrons. The van der Waals surface area contributed by atoms with Crippen LogP contribution < -0.4 is 4.90 Å². The summed E-state index contributed by atoms with van der Waals surface area (Å²) in [5, 5.41) is 9.86. The molecule has 21 heavy (non-hydrogen) atoms. The Labute approximate surface area is 125 Å². The van der Waals surface area contributed by atoms with Crippen LogP contribution >= 0.6 is 11.6 Å². The van der Waals surface area contributed by atoms with Gasteiger partial charge in [0, 0.05) is 0 Å². The minimum Gasteiger partial charge on any atom is -0.481 e. The maximum absolute atomic E-state index is 12.7. The average molecular weight is 306 g/mol. The van der Waals surface area contributed by atoms with Gasteiger partial charge in [-0.3, -0.25) is 9.59 Å². The van der Waals surface area contributed by atoms with E-state index in [1.807, 2.05) is 6.08 Å². The minimum atomic E-state index is -0.995. The van der Waals surface area contributed by atoms with Crippen molar-refractivity contribution in [3.8, 4) is 0 Å². The molecule has 1 N–H and O–H groups in total. The fraction of sp³-hybridized carbons (Fsp3) is 0.333. The van der Waals surface area contributed by atoms with E-state index in [0.717, 1.165) is 0 Å². The van der Waals surface area contributed by atoms with Gasteiger partial charge in [0.1, 0.15) is 11.5 Å². The zero-order valence-electron chi connectivity index (χ0n) is 10.9. The van der Waals surface area contributed by atoms with Crippen LogP contribution in [0.3, 0.4) is 0 Å². The quantitative estimate of drug-likeness (QED) is 0.845. The van der Waals surface area contributed by atoms with Crippen molar-refractivity contribution < 1.29 is 19.4 Å². The number of carboxylic acid groups (broad SMARTS) is 1. The maximum atomic E-state index is 12.7. The van der Waals surface area contributed by atoms with Crippen molar-refractivity contribution in [2.24, 2.45) is 11.8 Å². The first-order chi connectivity index (χ1) is 10.0. The summed E-state index contributed by atoms with van der Waals surface area (Å²) >= 11 is 6.16. The van der Waals surface area contributed by atoms with Gasteiger partial charge in [-0.15, -0.1) is 0 Å². The first kappa shape index (κ1) is 12.9. The third kappa shape index (κ3) is 1.56. The topological polar surface area (TPSA) is 66.8 Å². The highest BCUT2D eigenvalue weighted by molar-refractivity contribution is 6.34. The number of hydrogen-bond donors (Lipinski definition) is 1. The molecule has 2 bridgehead atoms. The smallest absolute Gasteiger partial charge is 0.310 e. The number of rotatable bonds is 2. The molecule has 1 spiro atoms. The van der Waals surface area contributed by atoms with Crippen LogP contribution in [-0.4, -0.2) is 35.2 Å². The molecule has 6 heteroatoms. The summed E-state index contributed by atoms with van der Waals surface area (Å²) in [5.41, 5.74) is -0.234. The number of para-hydroxylation sites is 1. The van der Waals surface area contributed by atoms with Gasteiger partial charge < -0.3 is 14.7 Å². The number of nitrogens with zero attached hydrogens (tertiary/aromatic N) is 1. The van der Waals surface area contributed by atoms with Crippen molar-refractivity contribution in [2.45, 2.75) is 11.7 Å². The van der Waals surface area contributed by atoms with E-state index in [1.165, 1.54) is 4.90 Å². The van der Waals surface area contributed by atoms with E-state index in [0.29, 0.717) is 17.3 Å². The van der Waals surface area contributed by atoms with Crippen molar-refractivity contribution in [3.63, 3.8) is 0 Å². The standard InChI is InChI=1S/C15H12ClNO4/c16-8-3-1-2-4-9(8)17-7-15-6-5-10(21-15)11(14(19)20)12(15)13(17)18/h1-6,10-12H,7H2,(H,19,20)/t10-,11-,12+,15-/m0/s1. The van der Waals surface area contributed by atoms with Crippen LogP contribution in [-0.2, 0) is 14.3 Å². The predicted octanol–water partition coefficient (Wildman–Crippen LogP) is 1.71. The van der Waals surface area contributed by atoms with Crippen molar-refractivity contribution in [3.05, 3.63) is 41.4 Å². The molecule has 1 amide bonds. The number of carboxylic acids is 1. The number of ether oxygens (including phenoxy) is 1. The molecular weight excluding hydrogens is 294 g/mol. The van der Waals surface area contributed by atoms with Crippen molar-refractivity contribution >= 4 is 29.2 Å². The van der Waals surface area contributed by atoms with Gasteiger partial charge in [-0.1, -0.05) is 35.9 Å². The molecule has 1 aromatic carbocycles. The van der Waals surface area contributed by atoms with Crippen LogP contribution in [0.4, 0.5) is 5.69 Å². The Hall–Kier alpha value is -1.85. The SMILES string of the molecule is O=C(O)[C@H]1[C@@H]2C=C[C@@]3(CN(c4ccccc4Cl)C(=O)[C@@H]13)O2. The second-order valence-electron chi connectivity index (χ2n) is 5.61. The molecule has 3 heterocycles. The summed E-state index contributed by atoms with van der Waals surface area (Å²) in [7, 11) is 0. The molecule has 4 rings (SSSR count). The maximum Gasteiger partial charge on any atom is 0.310 e. The zero-order valence-corrected chi connectivity index (χ0v) is 11.7. The zero-order chi connectivity index (χ0) is 14.8. The number of fused-ring (bicyclic) bond motifs is 1. The number of aliphatic carboxylic acids is 1. The summed E-state index contributed by atoms with van der Waals surface area (Å²) in [6, 6.07) is 7.04. The minimum absolute atomic E-state index is 0.234. The molecule has 0 aromatic heterocycles. The molecule has 5 nitrogen and oxygen atoms in total. The molecule has 3 aliphatic heterocycles. The van der Waals surface area contributed by atoms with E-state index in [2.05, 4.69) is 0 Å². The number of carbonyl (C=O) groups is 2. The van der Waals surface area contributed by atoms with E-state index in [-0.39, 0.29) is 5.91 Å². The molecule has 0 unspecified atom stereocenters. The van der Waals surface area contributed by atoms with Crippen LogP contribution in [0.2, 0.25) is 5.02 Å². The average Bonchev–Trinajstić information content (AvgIpc) is 3.08. The molecule has 0 aliphatic carbocycles. The molecule has 2 fully saturated rings. The highest BCUT2D eigenvalue weighted by Crippen LogP contribution is 2.53. The lowest BCUT2D eigenvalue weighted by atomic mass is 9.77. The number of benzene rings is 1. The highest BCUT2D eigenvalue weighted by Gasteiger charge is 2.67.